The number of amides is 3. The quantitative estimate of drug-likeness (QED) is 0.648. The maximum absolute atomic E-state index is 11.7. The Morgan fingerprint density at radius 2 is 1.82 bits per heavy atom. The fraction of sp³-hybridized carbons (Fsp3) is 0.455. The number of rotatable bonds is 5. The number of nitrogens with zero attached hydrogens (tertiary/aromatic N) is 1. The summed E-state index contributed by atoms with van der Waals surface area (Å²) in [6, 6.07) is -1.00. The Bertz CT molecular complexity index is 382. The molecular formula is C11H14N2O4. The fourth-order valence-electron chi connectivity index (χ4n) is 1.58. The van der Waals surface area contributed by atoms with E-state index >= 15 is 0 Å². The number of ketones is 1. The Kier molecular flexibility index (Phi) is 4.14. The van der Waals surface area contributed by atoms with Crippen LogP contribution in [0.1, 0.15) is 19.8 Å². The third-order valence-corrected chi connectivity index (χ3v) is 2.53. The van der Waals surface area contributed by atoms with Gasteiger partial charge in [0.2, 0.25) is 5.91 Å². The second kappa shape index (κ2) is 5.38. The number of nitrogens with one attached hydrogen (secondary N) is 1. The molecule has 0 saturated heterocycles. The van der Waals surface area contributed by atoms with E-state index in [2.05, 4.69) is 5.32 Å². The highest BCUT2D eigenvalue weighted by molar-refractivity contribution is 6.15. The maximum atomic E-state index is 11.7. The molecule has 1 aliphatic rings. The summed E-state index contributed by atoms with van der Waals surface area (Å²) in [5.74, 6) is -1.79. The SMILES string of the molecule is CCC(=O)C(CC(=O)NC)N1C(=O)C=CC1=O. The van der Waals surface area contributed by atoms with Crippen molar-refractivity contribution < 1.29 is 19.2 Å². The molecule has 17 heavy (non-hydrogen) atoms. The minimum atomic E-state index is -1.00. The zero-order chi connectivity index (χ0) is 13.0. The molecule has 6 heteroatoms. The van der Waals surface area contributed by atoms with Gasteiger partial charge in [0, 0.05) is 25.6 Å². The molecule has 1 N–H and O–H groups in total. The average Bonchev–Trinajstić information content (AvgIpc) is 2.65. The van der Waals surface area contributed by atoms with Gasteiger partial charge in [0.1, 0.15) is 6.04 Å². The Morgan fingerprint density at radius 1 is 1.29 bits per heavy atom. The number of hydrogen-bond acceptors (Lipinski definition) is 4. The van der Waals surface area contributed by atoms with Crippen molar-refractivity contribution in [1.29, 1.82) is 0 Å². The van der Waals surface area contributed by atoms with Crippen molar-refractivity contribution in [1.82, 2.24) is 10.2 Å². The summed E-state index contributed by atoms with van der Waals surface area (Å²) in [6.45, 7) is 1.62. The van der Waals surface area contributed by atoms with Gasteiger partial charge >= 0.3 is 0 Å². The molecule has 1 aliphatic heterocycles. The topological polar surface area (TPSA) is 83.6 Å². The summed E-state index contributed by atoms with van der Waals surface area (Å²) in [4.78, 5) is 46.7. The molecule has 0 aromatic rings. The molecule has 0 aromatic carbocycles. The second-order valence-corrected chi connectivity index (χ2v) is 3.59. The van der Waals surface area contributed by atoms with Gasteiger partial charge in [-0.05, 0) is 0 Å². The lowest BCUT2D eigenvalue weighted by Gasteiger charge is -2.23. The molecule has 0 saturated carbocycles. The van der Waals surface area contributed by atoms with Gasteiger partial charge in [0.05, 0.1) is 6.42 Å². The first-order valence-corrected chi connectivity index (χ1v) is 5.29. The normalized spacial score (nSPS) is 16.2. The summed E-state index contributed by atoms with van der Waals surface area (Å²) in [5.41, 5.74) is 0. The van der Waals surface area contributed by atoms with Gasteiger partial charge in [0.15, 0.2) is 5.78 Å². The van der Waals surface area contributed by atoms with Crippen molar-refractivity contribution in [3.63, 3.8) is 0 Å². The molecular weight excluding hydrogens is 224 g/mol. The van der Waals surface area contributed by atoms with Gasteiger partial charge in [0.25, 0.3) is 11.8 Å². The van der Waals surface area contributed by atoms with Gasteiger partial charge in [-0.25, -0.2) is 0 Å². The van der Waals surface area contributed by atoms with Crippen LogP contribution in [0.15, 0.2) is 12.2 Å². The van der Waals surface area contributed by atoms with Crippen molar-refractivity contribution in [3.05, 3.63) is 12.2 Å². The van der Waals surface area contributed by atoms with Crippen molar-refractivity contribution in [2.24, 2.45) is 0 Å². The molecule has 1 atom stereocenters. The summed E-state index contributed by atoms with van der Waals surface area (Å²) < 4.78 is 0. The molecule has 0 fully saturated rings. The lowest BCUT2D eigenvalue weighted by molar-refractivity contribution is -0.145. The van der Waals surface area contributed by atoms with Crippen LogP contribution >= 0.6 is 0 Å². The maximum Gasteiger partial charge on any atom is 0.254 e. The minimum Gasteiger partial charge on any atom is -0.359 e. The third-order valence-electron chi connectivity index (χ3n) is 2.53. The molecule has 0 aliphatic carbocycles. The van der Waals surface area contributed by atoms with E-state index in [1.807, 2.05) is 0 Å². The number of Topliss-reactive ketones (excluding diaryl/α,β-unsaturated/α-hetero) is 1. The monoisotopic (exact) mass is 238 g/mol. The fourth-order valence-corrected chi connectivity index (χ4v) is 1.58. The van der Waals surface area contributed by atoms with Gasteiger partial charge in [-0.2, -0.15) is 0 Å². The van der Waals surface area contributed by atoms with Crippen LogP contribution in [0.4, 0.5) is 0 Å². The summed E-state index contributed by atoms with van der Waals surface area (Å²) in [6.07, 6.45) is 2.17. The molecule has 1 heterocycles. The highest BCUT2D eigenvalue weighted by atomic mass is 16.2. The van der Waals surface area contributed by atoms with Gasteiger partial charge in [-0.1, -0.05) is 6.92 Å². The van der Waals surface area contributed by atoms with Crippen molar-refractivity contribution in [2.45, 2.75) is 25.8 Å². The first-order chi connectivity index (χ1) is 8.01. The van der Waals surface area contributed by atoms with E-state index in [4.69, 9.17) is 0 Å². The van der Waals surface area contributed by atoms with Crippen LogP contribution in [-0.4, -0.2) is 41.5 Å². The second-order valence-electron chi connectivity index (χ2n) is 3.59. The Hall–Kier alpha value is -1.98. The van der Waals surface area contributed by atoms with E-state index in [1.165, 1.54) is 7.05 Å². The van der Waals surface area contributed by atoms with E-state index in [0.29, 0.717) is 0 Å². The highest BCUT2D eigenvalue weighted by Crippen LogP contribution is 2.14. The summed E-state index contributed by atoms with van der Waals surface area (Å²) >= 11 is 0. The van der Waals surface area contributed by atoms with Crippen molar-refractivity contribution >= 4 is 23.5 Å². The smallest absolute Gasteiger partial charge is 0.254 e. The third kappa shape index (κ3) is 2.77. The van der Waals surface area contributed by atoms with Crippen LogP contribution in [0.25, 0.3) is 0 Å². The standard InChI is InChI=1S/C11H14N2O4/c1-3-8(14)7(6-9(15)12-2)13-10(16)4-5-11(13)17/h4-5,7H,3,6H2,1-2H3,(H,12,15). The lowest BCUT2D eigenvalue weighted by Crippen LogP contribution is -2.47. The van der Waals surface area contributed by atoms with E-state index < -0.39 is 17.9 Å². The number of carbonyl (C=O) groups excluding carboxylic acids is 4. The minimum absolute atomic E-state index is 0.165. The molecule has 0 spiro atoms. The zero-order valence-electron chi connectivity index (χ0n) is 9.73. The number of carbonyl (C=O) groups is 4. The van der Waals surface area contributed by atoms with E-state index in [1.54, 1.807) is 6.92 Å². The molecule has 92 valence electrons. The first-order valence-electron chi connectivity index (χ1n) is 5.29. The van der Waals surface area contributed by atoms with Crippen LogP contribution < -0.4 is 5.32 Å². The predicted octanol–water partition coefficient (Wildman–Crippen LogP) is -0.605. The van der Waals surface area contributed by atoms with Crippen LogP contribution in [0.3, 0.4) is 0 Å². The van der Waals surface area contributed by atoms with E-state index in [9.17, 15) is 19.2 Å². The van der Waals surface area contributed by atoms with Crippen LogP contribution in [-0.2, 0) is 19.2 Å². The van der Waals surface area contributed by atoms with Crippen LogP contribution in [0, 0.1) is 0 Å². The Morgan fingerprint density at radius 3 is 2.24 bits per heavy atom. The molecule has 0 bridgehead atoms. The summed E-state index contributed by atoms with van der Waals surface area (Å²) in [7, 11) is 1.43. The lowest BCUT2D eigenvalue weighted by atomic mass is 10.0. The molecule has 0 aromatic heterocycles. The van der Waals surface area contributed by atoms with Crippen LogP contribution in [0.2, 0.25) is 0 Å². The zero-order valence-corrected chi connectivity index (χ0v) is 9.73. The van der Waals surface area contributed by atoms with Crippen LogP contribution in [0.5, 0.6) is 0 Å². The molecule has 0 radical (unpaired) electrons. The Balaban J connectivity index is 2.90. The summed E-state index contributed by atoms with van der Waals surface area (Å²) in [5, 5.41) is 2.37. The largest absolute Gasteiger partial charge is 0.359 e. The Labute approximate surface area is 98.6 Å². The number of hydrogen-bond donors (Lipinski definition) is 1. The van der Waals surface area contributed by atoms with Gasteiger partial charge in [-0.15, -0.1) is 0 Å². The highest BCUT2D eigenvalue weighted by Gasteiger charge is 2.35. The molecule has 1 unspecified atom stereocenters. The molecule has 6 nitrogen and oxygen atoms in total. The molecule has 1 rings (SSSR count). The van der Waals surface area contributed by atoms with Gasteiger partial charge in [-0.3, -0.25) is 24.1 Å². The van der Waals surface area contributed by atoms with E-state index in [-0.39, 0.29) is 24.5 Å². The first kappa shape index (κ1) is 13.1. The predicted molar refractivity (Wildman–Crippen MR) is 58.8 cm³/mol. The average molecular weight is 238 g/mol. The van der Waals surface area contributed by atoms with Crippen molar-refractivity contribution in [2.75, 3.05) is 7.05 Å². The molecule has 3 amide bonds. The van der Waals surface area contributed by atoms with Crippen molar-refractivity contribution in [3.8, 4) is 0 Å². The number of imide groups is 1. The van der Waals surface area contributed by atoms with E-state index in [0.717, 1.165) is 17.1 Å². The van der Waals surface area contributed by atoms with Gasteiger partial charge < -0.3 is 5.32 Å².